The van der Waals surface area contributed by atoms with Gasteiger partial charge in [-0.1, -0.05) is 13.8 Å². The molecule has 1 aromatic heterocycles. The van der Waals surface area contributed by atoms with Crippen molar-refractivity contribution in [3.63, 3.8) is 0 Å². The molecule has 0 aromatic carbocycles. The van der Waals surface area contributed by atoms with Crippen molar-refractivity contribution in [3.8, 4) is 5.75 Å². The number of ether oxygens (including phenoxy) is 1. The molecule has 4 heteroatoms. The predicted molar refractivity (Wildman–Crippen MR) is 56.3 cm³/mol. The molecule has 0 aliphatic carbocycles. The number of hydrogen-bond acceptors (Lipinski definition) is 3. The average Bonchev–Trinajstić information content (AvgIpc) is 2.17. The Hall–Kier alpha value is -1.58. The van der Waals surface area contributed by atoms with Crippen LogP contribution in [0.3, 0.4) is 0 Å². The van der Waals surface area contributed by atoms with Crippen LogP contribution in [0.15, 0.2) is 12.3 Å². The van der Waals surface area contributed by atoms with Crippen LogP contribution in [0.25, 0.3) is 0 Å². The maximum atomic E-state index is 10.7. The molecule has 0 unspecified atom stereocenters. The number of aromatic nitrogens is 1. The Morgan fingerprint density at radius 2 is 2.27 bits per heavy atom. The maximum absolute atomic E-state index is 10.7. The van der Waals surface area contributed by atoms with E-state index in [4.69, 9.17) is 9.84 Å². The van der Waals surface area contributed by atoms with Crippen LogP contribution in [0.4, 0.5) is 0 Å². The summed E-state index contributed by atoms with van der Waals surface area (Å²) in [5.74, 6) is 0.0388. The number of hydrogen-bond donors (Lipinski definition) is 1. The zero-order valence-electron chi connectivity index (χ0n) is 9.15. The van der Waals surface area contributed by atoms with E-state index in [1.165, 1.54) is 13.2 Å². The number of aromatic carboxylic acids is 1. The van der Waals surface area contributed by atoms with Gasteiger partial charge in [0.1, 0.15) is 5.75 Å². The SMILES string of the molecule is COc1cc(C(=O)O)ncc1CC(C)C. The quantitative estimate of drug-likeness (QED) is 0.823. The van der Waals surface area contributed by atoms with Crippen molar-refractivity contribution < 1.29 is 14.6 Å². The summed E-state index contributed by atoms with van der Waals surface area (Å²) in [4.78, 5) is 14.5. The number of carbonyl (C=O) groups is 1. The van der Waals surface area contributed by atoms with Crippen LogP contribution in [0.2, 0.25) is 0 Å². The average molecular weight is 209 g/mol. The molecule has 0 fully saturated rings. The second-order valence-corrected chi connectivity index (χ2v) is 3.78. The van der Waals surface area contributed by atoms with Crippen molar-refractivity contribution in [1.29, 1.82) is 0 Å². The molecule has 4 nitrogen and oxygen atoms in total. The second kappa shape index (κ2) is 4.77. The van der Waals surface area contributed by atoms with Gasteiger partial charge in [-0.05, 0) is 12.3 Å². The molecule has 15 heavy (non-hydrogen) atoms. The third-order valence-corrected chi connectivity index (χ3v) is 2.01. The fraction of sp³-hybridized carbons (Fsp3) is 0.455. The van der Waals surface area contributed by atoms with Crippen molar-refractivity contribution in [2.24, 2.45) is 5.92 Å². The van der Waals surface area contributed by atoms with Gasteiger partial charge < -0.3 is 9.84 Å². The monoisotopic (exact) mass is 209 g/mol. The first-order chi connectivity index (χ1) is 7.04. The van der Waals surface area contributed by atoms with Crippen molar-refractivity contribution in [3.05, 3.63) is 23.5 Å². The summed E-state index contributed by atoms with van der Waals surface area (Å²) in [5, 5.41) is 8.76. The van der Waals surface area contributed by atoms with Gasteiger partial charge in [-0.15, -0.1) is 0 Å². The largest absolute Gasteiger partial charge is 0.496 e. The zero-order chi connectivity index (χ0) is 11.4. The third kappa shape index (κ3) is 2.94. The Labute approximate surface area is 88.9 Å². The number of nitrogens with zero attached hydrogens (tertiary/aromatic N) is 1. The van der Waals surface area contributed by atoms with Crippen molar-refractivity contribution in [1.82, 2.24) is 4.98 Å². The lowest BCUT2D eigenvalue weighted by atomic mass is 10.0. The summed E-state index contributed by atoms with van der Waals surface area (Å²) in [5.41, 5.74) is 0.955. The van der Waals surface area contributed by atoms with Crippen molar-refractivity contribution in [2.45, 2.75) is 20.3 Å². The lowest BCUT2D eigenvalue weighted by Gasteiger charge is -2.10. The van der Waals surface area contributed by atoms with Crippen LogP contribution in [0.1, 0.15) is 29.9 Å². The topological polar surface area (TPSA) is 59.4 Å². The molecule has 1 aromatic rings. The highest BCUT2D eigenvalue weighted by Crippen LogP contribution is 2.21. The van der Waals surface area contributed by atoms with Crippen molar-refractivity contribution in [2.75, 3.05) is 7.11 Å². The Kier molecular flexibility index (Phi) is 3.66. The van der Waals surface area contributed by atoms with Crippen LogP contribution >= 0.6 is 0 Å². The maximum Gasteiger partial charge on any atom is 0.354 e. The number of carboxylic acid groups (broad SMARTS) is 1. The van der Waals surface area contributed by atoms with Gasteiger partial charge in [-0.25, -0.2) is 9.78 Å². The first kappa shape index (κ1) is 11.5. The van der Waals surface area contributed by atoms with E-state index >= 15 is 0 Å². The smallest absolute Gasteiger partial charge is 0.354 e. The Bertz CT molecular complexity index is 361. The van der Waals surface area contributed by atoms with Gasteiger partial charge in [0.15, 0.2) is 5.69 Å². The summed E-state index contributed by atoms with van der Waals surface area (Å²) >= 11 is 0. The van der Waals surface area contributed by atoms with E-state index in [0.29, 0.717) is 11.7 Å². The van der Waals surface area contributed by atoms with Gasteiger partial charge in [0.25, 0.3) is 0 Å². The summed E-state index contributed by atoms with van der Waals surface area (Å²) in [6.45, 7) is 4.18. The van der Waals surface area contributed by atoms with Crippen LogP contribution in [-0.4, -0.2) is 23.2 Å². The predicted octanol–water partition coefficient (Wildman–Crippen LogP) is 1.99. The second-order valence-electron chi connectivity index (χ2n) is 3.78. The van der Waals surface area contributed by atoms with Crippen LogP contribution in [0.5, 0.6) is 5.75 Å². The number of pyridine rings is 1. The van der Waals surface area contributed by atoms with E-state index in [1.54, 1.807) is 6.20 Å². The highest BCUT2D eigenvalue weighted by atomic mass is 16.5. The summed E-state index contributed by atoms with van der Waals surface area (Å²) in [6.07, 6.45) is 2.40. The molecule has 0 radical (unpaired) electrons. The fourth-order valence-electron chi connectivity index (χ4n) is 1.37. The molecule has 0 saturated carbocycles. The van der Waals surface area contributed by atoms with Crippen molar-refractivity contribution >= 4 is 5.97 Å². The molecule has 1 rings (SSSR count). The summed E-state index contributed by atoms with van der Waals surface area (Å²) in [7, 11) is 1.53. The molecule has 0 aliphatic heterocycles. The number of rotatable bonds is 4. The molecule has 1 heterocycles. The highest BCUT2D eigenvalue weighted by molar-refractivity contribution is 5.85. The van der Waals surface area contributed by atoms with Gasteiger partial charge in [0.2, 0.25) is 0 Å². The molecule has 82 valence electrons. The molecule has 0 bridgehead atoms. The van der Waals surface area contributed by atoms with E-state index < -0.39 is 5.97 Å². The van der Waals surface area contributed by atoms with Gasteiger partial charge in [0.05, 0.1) is 7.11 Å². The molecule has 0 atom stereocenters. The van der Waals surface area contributed by atoms with Gasteiger partial charge in [0, 0.05) is 17.8 Å². The fourth-order valence-corrected chi connectivity index (χ4v) is 1.37. The van der Waals surface area contributed by atoms with E-state index in [2.05, 4.69) is 18.8 Å². The molecule has 0 spiro atoms. The van der Waals surface area contributed by atoms with Crippen LogP contribution < -0.4 is 4.74 Å². The van der Waals surface area contributed by atoms with Gasteiger partial charge in [-0.3, -0.25) is 0 Å². The first-order valence-electron chi connectivity index (χ1n) is 4.80. The molecule has 0 aliphatic rings. The molecule has 1 N–H and O–H groups in total. The minimum atomic E-state index is -1.04. The van der Waals surface area contributed by atoms with Gasteiger partial charge >= 0.3 is 5.97 Å². The Morgan fingerprint density at radius 1 is 1.60 bits per heavy atom. The molecular formula is C11H15NO3. The first-order valence-corrected chi connectivity index (χ1v) is 4.80. The number of carboxylic acids is 1. The Balaban J connectivity index is 3.03. The minimum absolute atomic E-state index is 0.0133. The van der Waals surface area contributed by atoms with Gasteiger partial charge in [-0.2, -0.15) is 0 Å². The lowest BCUT2D eigenvalue weighted by molar-refractivity contribution is 0.0690. The standard InChI is InChI=1S/C11H15NO3/c1-7(2)4-8-6-12-9(11(13)14)5-10(8)15-3/h5-7H,4H2,1-3H3,(H,13,14). The lowest BCUT2D eigenvalue weighted by Crippen LogP contribution is -2.04. The zero-order valence-corrected chi connectivity index (χ0v) is 9.15. The molecule has 0 saturated heterocycles. The van der Waals surface area contributed by atoms with E-state index in [1.807, 2.05) is 0 Å². The van der Waals surface area contributed by atoms with E-state index in [0.717, 1.165) is 12.0 Å². The highest BCUT2D eigenvalue weighted by Gasteiger charge is 2.11. The third-order valence-electron chi connectivity index (χ3n) is 2.01. The Morgan fingerprint density at radius 3 is 2.73 bits per heavy atom. The van der Waals surface area contributed by atoms with Crippen LogP contribution in [-0.2, 0) is 6.42 Å². The minimum Gasteiger partial charge on any atom is -0.496 e. The van der Waals surface area contributed by atoms with Crippen LogP contribution in [0, 0.1) is 5.92 Å². The molecule has 0 amide bonds. The number of methoxy groups -OCH3 is 1. The summed E-state index contributed by atoms with van der Waals surface area (Å²) in [6, 6.07) is 1.46. The van der Waals surface area contributed by atoms with E-state index in [-0.39, 0.29) is 5.69 Å². The normalized spacial score (nSPS) is 10.4. The van der Waals surface area contributed by atoms with E-state index in [9.17, 15) is 4.79 Å². The summed E-state index contributed by atoms with van der Waals surface area (Å²) < 4.78 is 5.13. The molecular weight excluding hydrogens is 194 g/mol.